The van der Waals surface area contributed by atoms with Gasteiger partial charge in [0.15, 0.2) is 8.32 Å². The highest BCUT2D eigenvalue weighted by Gasteiger charge is 2.12. The third-order valence-electron chi connectivity index (χ3n) is 3.75. The normalized spacial score (nSPS) is 13.4. The van der Waals surface area contributed by atoms with E-state index < -0.39 is 8.32 Å². The van der Waals surface area contributed by atoms with Gasteiger partial charge < -0.3 is 4.43 Å². The molecule has 0 saturated carbocycles. The third kappa shape index (κ3) is 22.3. The molecule has 0 spiro atoms. The van der Waals surface area contributed by atoms with Crippen LogP contribution in [0, 0.1) is 0 Å². The lowest BCUT2D eigenvalue weighted by atomic mass is 10.1. The molecule has 0 rings (SSSR count). The second-order valence-corrected chi connectivity index (χ2v) is 13.0. The van der Waals surface area contributed by atoms with Gasteiger partial charge in [0.25, 0.3) is 0 Å². The molecule has 0 N–H and O–H groups in total. The molecular formula is C20H42OSSi. The fourth-order valence-corrected chi connectivity index (χ4v) is 3.90. The van der Waals surface area contributed by atoms with E-state index in [4.69, 9.17) is 5.80 Å². The van der Waals surface area contributed by atoms with Crippen LogP contribution < -0.4 is 0 Å². The molecule has 0 aromatic carbocycles. The van der Waals surface area contributed by atoms with Crippen LogP contribution in [-0.2, 0) is 4.43 Å². The molecule has 138 valence electrons. The lowest BCUT2D eigenvalue weighted by Crippen LogP contribution is -2.25. The van der Waals surface area contributed by atoms with Crippen molar-refractivity contribution < 1.29 is 5.80 Å². The van der Waals surface area contributed by atoms with Gasteiger partial charge in [-0.15, -0.1) is 0 Å². The Bertz CT molecular complexity index is 303. The molecular weight excluding hydrogens is 316 g/mol. The molecule has 0 saturated heterocycles. The first-order valence-corrected chi connectivity index (χ1v) is 14.4. The average Bonchev–Trinajstić information content (AvgIpc) is 2.51. The number of thioether (sulfide) groups is 1. The van der Waals surface area contributed by atoms with E-state index >= 15 is 0 Å². The molecule has 0 aromatic heterocycles. The van der Waals surface area contributed by atoms with E-state index in [1.165, 1.54) is 70.0 Å². The summed E-state index contributed by atoms with van der Waals surface area (Å²) in [6, 6.07) is 0.831. The van der Waals surface area contributed by atoms with Gasteiger partial charge in [0.05, 0.1) is 1.37 Å². The van der Waals surface area contributed by atoms with E-state index in [2.05, 4.69) is 32.6 Å². The Hall–Kier alpha value is 0.267. The Morgan fingerprint density at radius 1 is 0.913 bits per heavy atom. The van der Waals surface area contributed by atoms with Gasteiger partial charge in [-0.05, 0) is 51.1 Å². The van der Waals surface area contributed by atoms with Crippen molar-refractivity contribution >= 4 is 20.1 Å². The van der Waals surface area contributed by atoms with Gasteiger partial charge in [0.2, 0.25) is 0 Å². The highest BCUT2D eigenvalue weighted by Crippen LogP contribution is 2.11. The molecule has 0 aromatic rings. The molecule has 0 unspecified atom stereocenters. The Morgan fingerprint density at radius 2 is 1.57 bits per heavy atom. The Balaban J connectivity index is 3.30. The maximum atomic E-state index is 7.98. The molecule has 1 nitrogen and oxygen atoms in total. The van der Waals surface area contributed by atoms with Crippen LogP contribution in [0.5, 0.6) is 0 Å². The van der Waals surface area contributed by atoms with Gasteiger partial charge in [-0.3, -0.25) is 0 Å². The summed E-state index contributed by atoms with van der Waals surface area (Å²) in [7, 11) is -1.31. The maximum Gasteiger partial charge on any atom is 0.183 e. The van der Waals surface area contributed by atoms with Crippen molar-refractivity contribution in [1.29, 1.82) is 0 Å². The standard InChI is InChI=1S/C20H42OSSi/c1-5-6-7-8-9-10-11-13-16-19-22-20-17-14-12-15-18-21-23(2,3)4/h13,16H,5-12,14-15,17-20H2,1-4H3/b16-13-/i16D. The van der Waals surface area contributed by atoms with Crippen LogP contribution in [0.25, 0.3) is 0 Å². The zero-order valence-corrected chi connectivity index (χ0v) is 18.1. The minimum atomic E-state index is -1.31. The zero-order chi connectivity index (χ0) is 18.1. The summed E-state index contributed by atoms with van der Waals surface area (Å²) in [6.45, 7) is 9.96. The van der Waals surface area contributed by atoms with Crippen LogP contribution in [-0.4, -0.2) is 26.4 Å². The molecule has 3 heteroatoms. The lowest BCUT2D eigenvalue weighted by molar-refractivity contribution is 0.299. The monoisotopic (exact) mass is 359 g/mol. The number of unbranched alkanes of at least 4 members (excludes halogenated alkanes) is 9. The number of rotatable bonds is 17. The highest BCUT2D eigenvalue weighted by atomic mass is 32.2. The summed E-state index contributed by atoms with van der Waals surface area (Å²) < 4.78 is 13.8. The van der Waals surface area contributed by atoms with Crippen LogP contribution in [0.4, 0.5) is 0 Å². The number of hydrogen-bond acceptors (Lipinski definition) is 2. The summed E-state index contributed by atoms with van der Waals surface area (Å²) >= 11 is 1.92. The first-order valence-electron chi connectivity index (χ1n) is 10.3. The van der Waals surface area contributed by atoms with Crippen molar-refractivity contribution in [2.75, 3.05) is 18.1 Å². The summed E-state index contributed by atoms with van der Waals surface area (Å²) in [4.78, 5) is 0. The number of hydrogen-bond donors (Lipinski definition) is 0. The van der Waals surface area contributed by atoms with E-state index in [0.29, 0.717) is 0 Å². The van der Waals surface area contributed by atoms with Crippen molar-refractivity contribution in [2.24, 2.45) is 0 Å². The van der Waals surface area contributed by atoms with Crippen LogP contribution >= 0.6 is 11.8 Å². The molecule has 0 aliphatic rings. The van der Waals surface area contributed by atoms with Crippen LogP contribution in [0.15, 0.2) is 12.1 Å². The molecule has 0 aliphatic heterocycles. The highest BCUT2D eigenvalue weighted by molar-refractivity contribution is 7.99. The van der Waals surface area contributed by atoms with Gasteiger partial charge in [-0.1, -0.05) is 64.0 Å². The summed E-state index contributed by atoms with van der Waals surface area (Å²) in [5.41, 5.74) is 0. The van der Waals surface area contributed by atoms with Crippen LogP contribution in [0.3, 0.4) is 0 Å². The first-order chi connectivity index (χ1) is 11.5. The largest absolute Gasteiger partial charge is 0.418 e. The minimum Gasteiger partial charge on any atom is -0.418 e. The minimum absolute atomic E-state index is 0.831. The van der Waals surface area contributed by atoms with Crippen LogP contribution in [0.2, 0.25) is 19.6 Å². The predicted octanol–water partition coefficient (Wildman–Crippen LogP) is 7.44. The second-order valence-electron chi connectivity index (χ2n) is 7.39. The molecule has 23 heavy (non-hydrogen) atoms. The molecule has 0 atom stereocenters. The first kappa shape index (κ1) is 21.3. The predicted molar refractivity (Wildman–Crippen MR) is 112 cm³/mol. The zero-order valence-electron chi connectivity index (χ0n) is 17.3. The quantitative estimate of drug-likeness (QED) is 0.152. The smallest absolute Gasteiger partial charge is 0.183 e. The Kier molecular flexibility index (Phi) is 15.8. The SMILES string of the molecule is [2H]/C(=C/CCCCCCCC)CSCCCCCCO[Si](C)(C)C. The van der Waals surface area contributed by atoms with E-state index in [9.17, 15) is 0 Å². The van der Waals surface area contributed by atoms with Gasteiger partial charge in [-0.25, -0.2) is 0 Å². The third-order valence-corrected chi connectivity index (χ3v) is 5.77. The van der Waals surface area contributed by atoms with E-state index in [1.54, 1.807) is 0 Å². The van der Waals surface area contributed by atoms with E-state index in [-0.39, 0.29) is 0 Å². The molecule has 0 heterocycles. The van der Waals surface area contributed by atoms with Gasteiger partial charge >= 0.3 is 0 Å². The Morgan fingerprint density at radius 3 is 2.30 bits per heavy atom. The molecule has 0 fully saturated rings. The second kappa shape index (κ2) is 17.1. The fraction of sp³-hybridized carbons (Fsp3) is 0.900. The molecule has 0 radical (unpaired) electrons. The lowest BCUT2D eigenvalue weighted by Gasteiger charge is -2.16. The van der Waals surface area contributed by atoms with E-state index in [0.717, 1.165) is 24.8 Å². The van der Waals surface area contributed by atoms with Gasteiger partial charge in [0, 0.05) is 12.4 Å². The number of allylic oxidation sites excluding steroid dienone is 1. The van der Waals surface area contributed by atoms with Crippen molar-refractivity contribution in [1.82, 2.24) is 0 Å². The van der Waals surface area contributed by atoms with Crippen LogP contribution in [0.1, 0.15) is 78.9 Å². The molecule has 0 amide bonds. The topological polar surface area (TPSA) is 9.23 Å². The van der Waals surface area contributed by atoms with Crippen molar-refractivity contribution in [3.05, 3.63) is 12.1 Å². The van der Waals surface area contributed by atoms with Gasteiger partial charge in [-0.2, -0.15) is 11.8 Å². The summed E-state index contributed by atoms with van der Waals surface area (Å²) in [5, 5.41) is 0. The van der Waals surface area contributed by atoms with Crippen molar-refractivity contribution in [3.8, 4) is 0 Å². The molecule has 0 bridgehead atoms. The maximum absolute atomic E-state index is 7.98. The molecule has 0 aliphatic carbocycles. The summed E-state index contributed by atoms with van der Waals surface area (Å²) in [6.07, 6.45) is 16.4. The summed E-state index contributed by atoms with van der Waals surface area (Å²) in [5.74, 6) is 2.09. The average molecular weight is 360 g/mol. The van der Waals surface area contributed by atoms with Crippen molar-refractivity contribution in [2.45, 2.75) is 97.2 Å². The fourth-order valence-electron chi connectivity index (χ4n) is 2.36. The van der Waals surface area contributed by atoms with E-state index in [1.807, 2.05) is 11.8 Å². The van der Waals surface area contributed by atoms with Crippen molar-refractivity contribution in [3.63, 3.8) is 0 Å². The Labute approximate surface area is 153 Å². The van der Waals surface area contributed by atoms with Gasteiger partial charge in [0.1, 0.15) is 0 Å².